The van der Waals surface area contributed by atoms with E-state index in [1.54, 1.807) is 34.1 Å². The Hall–Kier alpha value is -9.81. The molecule has 5 aromatic carbocycles. The maximum Gasteiger partial charge on any atom is 0.416 e. The molecule has 6 aliphatic heterocycles. The Morgan fingerprint density at radius 2 is 0.930 bits per heavy atom. The number of hydrogen-bond donors (Lipinski definition) is 12. The summed E-state index contributed by atoms with van der Waals surface area (Å²) in [6, 6.07) is 20.8. The van der Waals surface area contributed by atoms with Crippen LogP contribution in [0.15, 0.2) is 91.0 Å². The minimum Gasteiger partial charge on any atom is -0.493 e. The van der Waals surface area contributed by atoms with Gasteiger partial charge in [-0.15, -0.1) is 0 Å². The molecule has 5 amide bonds. The Balaban J connectivity index is 0.695. The van der Waals surface area contributed by atoms with E-state index < -0.39 is 134 Å². The minimum absolute atomic E-state index is 0.0199. The second-order valence-electron chi connectivity index (χ2n) is 29.2. The predicted molar refractivity (Wildman–Crippen MR) is 389 cm³/mol. The fourth-order valence-electron chi connectivity index (χ4n) is 14.9. The predicted octanol–water partition coefficient (Wildman–Crippen LogP) is 1.70. The first-order valence-corrected chi connectivity index (χ1v) is 37.2. The third-order valence-corrected chi connectivity index (χ3v) is 21.4. The van der Waals surface area contributed by atoms with Gasteiger partial charge >= 0.3 is 24.1 Å². The van der Waals surface area contributed by atoms with Crippen LogP contribution in [0.4, 0.5) is 26.7 Å². The Morgan fingerprint density at radius 1 is 0.491 bits per heavy atom. The van der Waals surface area contributed by atoms with Gasteiger partial charge in [-0.05, 0) is 114 Å². The monoisotopic (exact) mass is 1600 g/mol. The molecule has 4 saturated heterocycles. The number of methoxy groups -OCH3 is 2. The Kier molecular flexibility index (Phi) is 25.6. The van der Waals surface area contributed by atoms with E-state index in [2.05, 4.69) is 5.32 Å². The molecule has 6 fully saturated rings. The standard InChI is InChI=1S/C77H92N6O31/c1-101-53-28-45-48(82(68(93)50-32-76(13-14-76)38-80(50)66(45)91)74(99)109-34-40-6-9-44(10-7-40)111-72-62(89)58(85)60(87)64(113-72)70(95)96)30-55(53)107-35-41-4-3-5-42(26-41)36-108-56-31-49-46(29-54(56)102-2)67(92)81-39-77(15-16-77)33-51(81)69(94)83(49)75(100)110-37-43-8-11-52(112-73-63(90)59(86)61(88)65(114-73)71(97)98)47(27-43)79-57(84)12-18-103-20-22-105-24-25-106-23-21-104-19-17-78/h3-11,26-31,50-51,58-65,68-69,72-73,85-90,93-94H,12-25,32-39,78H2,1-2H3,(H,79,84)(H,95,96)(H,97,98)/t50-,51-,58-,59-,60-,61-,62+,63+,64-,65-,68-,69-,72+,73+/m0/s1. The number of fused-ring (bicyclic) bond motifs is 4. The van der Waals surface area contributed by atoms with Crippen molar-refractivity contribution in [1.29, 1.82) is 0 Å². The number of anilines is 3. The first kappa shape index (κ1) is 82.2. The van der Waals surface area contributed by atoms with E-state index in [0.717, 1.165) is 35.5 Å². The van der Waals surface area contributed by atoms with E-state index in [-0.39, 0.29) is 132 Å². The maximum absolute atomic E-state index is 14.9. The summed E-state index contributed by atoms with van der Waals surface area (Å²) in [5, 5.41) is 109. The van der Waals surface area contributed by atoms with Gasteiger partial charge in [0.1, 0.15) is 74.6 Å². The van der Waals surface area contributed by atoms with Gasteiger partial charge in [0.05, 0.1) is 114 Å². The Morgan fingerprint density at radius 3 is 1.39 bits per heavy atom. The zero-order valence-electron chi connectivity index (χ0n) is 62.2. The lowest BCUT2D eigenvalue weighted by atomic mass is 9.99. The van der Waals surface area contributed by atoms with Crippen molar-refractivity contribution in [3.8, 4) is 34.5 Å². The fraction of sp³-hybridized carbons (Fsp3) is 0.519. The summed E-state index contributed by atoms with van der Waals surface area (Å²) in [6.07, 6.45) is -20.8. The number of carboxylic acid groups (broad SMARTS) is 2. The molecule has 5 aromatic rings. The molecule has 616 valence electrons. The van der Waals surface area contributed by atoms with Crippen LogP contribution < -0.4 is 49.3 Å². The number of benzene rings is 5. The second kappa shape index (κ2) is 35.5. The van der Waals surface area contributed by atoms with Crippen molar-refractivity contribution in [2.45, 2.75) is 157 Å². The van der Waals surface area contributed by atoms with E-state index in [1.165, 1.54) is 80.9 Å². The van der Waals surface area contributed by atoms with Crippen molar-refractivity contribution < 1.29 is 151 Å². The van der Waals surface area contributed by atoms with Gasteiger partial charge in [-0.25, -0.2) is 29.0 Å². The third-order valence-electron chi connectivity index (χ3n) is 21.4. The van der Waals surface area contributed by atoms with Crippen LogP contribution in [0.3, 0.4) is 0 Å². The highest BCUT2D eigenvalue weighted by Gasteiger charge is 2.60. The van der Waals surface area contributed by atoms with E-state index in [4.69, 9.17) is 72.0 Å². The van der Waals surface area contributed by atoms with Gasteiger partial charge in [0.2, 0.25) is 18.5 Å². The first-order valence-electron chi connectivity index (χ1n) is 37.2. The fourth-order valence-corrected chi connectivity index (χ4v) is 14.9. The van der Waals surface area contributed by atoms with Crippen LogP contribution >= 0.6 is 0 Å². The smallest absolute Gasteiger partial charge is 0.416 e. The molecule has 0 unspecified atom stereocenters. The number of nitrogens with zero attached hydrogens (tertiary/aromatic N) is 4. The number of carbonyl (C=O) groups is 7. The van der Waals surface area contributed by atoms with Gasteiger partial charge in [0.25, 0.3) is 11.8 Å². The number of ether oxygens (including phenoxy) is 14. The first-order chi connectivity index (χ1) is 54.8. The van der Waals surface area contributed by atoms with E-state index in [1.807, 2.05) is 0 Å². The van der Waals surface area contributed by atoms with Gasteiger partial charge in [-0.1, -0.05) is 36.4 Å². The molecule has 13 N–H and O–H groups in total. The topological polar surface area (TPSA) is 502 Å². The average molecular weight is 1600 g/mol. The number of carbonyl (C=O) groups excluding carboxylic acids is 5. The quantitative estimate of drug-likeness (QED) is 0.0266. The van der Waals surface area contributed by atoms with Crippen molar-refractivity contribution in [1.82, 2.24) is 9.80 Å². The van der Waals surface area contributed by atoms with Crippen LogP contribution in [-0.2, 0) is 78.7 Å². The normalized spacial score (nSPS) is 26.1. The number of nitrogens with one attached hydrogen (secondary N) is 1. The van der Waals surface area contributed by atoms with E-state index >= 15 is 0 Å². The number of aliphatic hydroxyl groups excluding tert-OH is 8. The van der Waals surface area contributed by atoms with Crippen LogP contribution in [0.25, 0.3) is 0 Å². The van der Waals surface area contributed by atoms with Crippen LogP contribution in [-0.4, -0.2) is 275 Å². The number of carboxylic acids is 2. The van der Waals surface area contributed by atoms with Gasteiger partial charge in [0.15, 0.2) is 47.7 Å². The summed E-state index contributed by atoms with van der Waals surface area (Å²) in [4.78, 5) is 101. The van der Waals surface area contributed by atoms with Crippen molar-refractivity contribution in [2.24, 2.45) is 16.6 Å². The summed E-state index contributed by atoms with van der Waals surface area (Å²) in [7, 11) is 2.75. The molecule has 37 nitrogen and oxygen atoms in total. The van der Waals surface area contributed by atoms with Gasteiger partial charge in [0, 0.05) is 31.8 Å². The largest absolute Gasteiger partial charge is 0.493 e. The van der Waals surface area contributed by atoms with Crippen LogP contribution in [0.2, 0.25) is 0 Å². The number of amides is 5. The highest BCUT2D eigenvalue weighted by Crippen LogP contribution is 2.58. The molecule has 0 radical (unpaired) electrons. The van der Waals surface area contributed by atoms with Crippen LogP contribution in [0.1, 0.15) is 87.9 Å². The van der Waals surface area contributed by atoms with Gasteiger partial charge in [-0.3, -0.25) is 14.4 Å². The third kappa shape index (κ3) is 18.1. The van der Waals surface area contributed by atoms with Crippen molar-refractivity contribution in [2.75, 3.05) is 102 Å². The SMILES string of the molecule is COc1cc2c(cc1OCc1cccc(COc3cc4c(cc3OC)C(=O)N3CC5(CC5)C[C@H]3[C@H](O)N4C(=O)OCc3ccc(O[C@@H]4O[C@H](C(=O)O)[C@@H](O)[C@H](O)[C@H]4O)c(NC(=O)CCOCCOCCOCCOCCN)c3)c1)N(C(=O)OCc1ccc(O[C@@H]3O[C@H](C(=O)O)[C@@H](O)[C@H](O)[C@H]3O)cc1)[C@@H](O)[C@@H]1CC3(CC3)CN1C2=O. The van der Waals surface area contributed by atoms with Crippen LogP contribution in [0.5, 0.6) is 34.5 Å². The van der Waals surface area contributed by atoms with E-state index in [9.17, 15) is 84.6 Å². The molecule has 6 heterocycles. The molecular formula is C77H92N6O31. The van der Waals surface area contributed by atoms with Crippen LogP contribution in [0, 0.1) is 10.8 Å². The summed E-state index contributed by atoms with van der Waals surface area (Å²) >= 11 is 0. The van der Waals surface area contributed by atoms with E-state index in [0.29, 0.717) is 75.6 Å². The zero-order chi connectivity index (χ0) is 80.9. The second-order valence-corrected chi connectivity index (χ2v) is 29.2. The molecule has 37 heteroatoms. The lowest BCUT2D eigenvalue weighted by molar-refractivity contribution is -0.271. The van der Waals surface area contributed by atoms with Crippen molar-refractivity contribution >= 4 is 58.9 Å². The summed E-state index contributed by atoms with van der Waals surface area (Å²) in [6.45, 7) is 1.90. The minimum atomic E-state index is -2.04. The number of aliphatic hydroxyl groups is 8. The number of aliphatic carboxylic acids is 2. The lowest BCUT2D eigenvalue weighted by Gasteiger charge is -2.38. The molecule has 2 aliphatic carbocycles. The maximum atomic E-state index is 14.9. The summed E-state index contributed by atoms with van der Waals surface area (Å²) in [5.41, 5.74) is 6.50. The molecular weight excluding hydrogens is 1500 g/mol. The molecule has 0 bridgehead atoms. The Labute approximate surface area is 651 Å². The highest BCUT2D eigenvalue weighted by molar-refractivity contribution is 6.07. The molecule has 0 aromatic heterocycles. The molecule has 8 aliphatic rings. The zero-order valence-corrected chi connectivity index (χ0v) is 62.2. The average Bonchev–Trinajstić information content (AvgIpc) is 1.57. The van der Waals surface area contributed by atoms with Crippen molar-refractivity contribution in [3.63, 3.8) is 0 Å². The number of hydrogen-bond acceptors (Lipinski definition) is 30. The lowest BCUT2D eigenvalue weighted by Crippen LogP contribution is -2.61. The molecule has 2 spiro atoms. The summed E-state index contributed by atoms with van der Waals surface area (Å²) < 4.78 is 80.2. The highest BCUT2D eigenvalue weighted by atomic mass is 16.7. The van der Waals surface area contributed by atoms with Crippen molar-refractivity contribution in [3.05, 3.63) is 124 Å². The molecule has 2 saturated carbocycles. The molecule has 14 atom stereocenters. The van der Waals surface area contributed by atoms with Gasteiger partial charge in [-0.2, -0.15) is 0 Å². The molecule has 114 heavy (non-hydrogen) atoms. The van der Waals surface area contributed by atoms with Gasteiger partial charge < -0.3 is 138 Å². The molecule has 13 rings (SSSR count). The summed E-state index contributed by atoms with van der Waals surface area (Å²) in [5.74, 6) is -4.65. The Bertz CT molecular complexity index is 4320. The number of nitrogens with two attached hydrogens (primary N) is 1. The number of rotatable bonds is 33.